The van der Waals surface area contributed by atoms with Gasteiger partial charge in [0.1, 0.15) is 11.3 Å². The van der Waals surface area contributed by atoms with E-state index >= 15 is 0 Å². The van der Waals surface area contributed by atoms with Gasteiger partial charge in [0.05, 0.1) is 0 Å². The van der Waals surface area contributed by atoms with E-state index in [-0.39, 0.29) is 5.84 Å². The Bertz CT molecular complexity index is 923. The number of amidine groups is 1. The molecule has 0 saturated carbocycles. The number of nitrogens with zero attached hydrogens (tertiary/aromatic N) is 1. The van der Waals surface area contributed by atoms with Crippen molar-refractivity contribution in [2.75, 3.05) is 0 Å². The highest BCUT2D eigenvalue weighted by Crippen LogP contribution is 2.48. The Morgan fingerprint density at radius 3 is 1.81 bits per heavy atom. The van der Waals surface area contributed by atoms with Crippen LogP contribution in [0.2, 0.25) is 0 Å². The molecule has 0 unspecified atom stereocenters. The summed E-state index contributed by atoms with van der Waals surface area (Å²) in [6, 6.07) is 18.8. The first-order valence-electron chi connectivity index (χ1n) is 8.03. The Morgan fingerprint density at radius 1 is 0.846 bits per heavy atom. The second-order valence-corrected chi connectivity index (χ2v) is 7.06. The van der Waals surface area contributed by atoms with E-state index in [1.807, 2.05) is 60.7 Å². The predicted molar refractivity (Wildman–Crippen MR) is 104 cm³/mol. The topological polar surface area (TPSA) is 84.5 Å². The van der Waals surface area contributed by atoms with E-state index in [4.69, 9.17) is 5.73 Å². The number of benzene rings is 2. The molecule has 0 aromatic heterocycles. The number of aliphatic imine (C=N–C) groups is 1. The molecule has 4 rings (SSSR count). The van der Waals surface area contributed by atoms with Crippen LogP contribution in [0.3, 0.4) is 0 Å². The van der Waals surface area contributed by atoms with Gasteiger partial charge in [-0.25, -0.2) is 4.79 Å². The smallest absolute Gasteiger partial charge is 0.349 e. The molecule has 2 aromatic carbocycles. The van der Waals surface area contributed by atoms with Gasteiger partial charge >= 0.3 is 6.03 Å². The maximum atomic E-state index is 12.8. The second-order valence-electron chi connectivity index (χ2n) is 5.98. The number of imide groups is 1. The van der Waals surface area contributed by atoms with E-state index < -0.39 is 17.4 Å². The lowest BCUT2D eigenvalue weighted by Crippen LogP contribution is -2.53. The van der Waals surface area contributed by atoms with Crippen molar-refractivity contribution in [1.29, 1.82) is 0 Å². The lowest BCUT2D eigenvalue weighted by molar-refractivity contribution is -0.123. The highest BCUT2D eigenvalue weighted by atomic mass is 32.2. The number of amides is 3. The van der Waals surface area contributed by atoms with Crippen LogP contribution in [0.25, 0.3) is 9.81 Å². The van der Waals surface area contributed by atoms with E-state index in [1.165, 1.54) is 0 Å². The molecule has 0 aliphatic carbocycles. The Kier molecular flexibility index (Phi) is 3.97. The van der Waals surface area contributed by atoms with Crippen molar-refractivity contribution in [1.82, 2.24) is 5.32 Å². The molecule has 5 nitrogen and oxygen atoms in total. The molecular weight excluding hydrogens is 346 g/mol. The number of thioether (sulfide) groups is 1. The third kappa shape index (κ3) is 2.74. The Labute approximate surface area is 154 Å². The standard InChI is InChI=1S/C20H15N3O2S/c21-17-20(18(24)23-19(25)22-17)11-15(13-7-3-1-4-8-13)26-16(12-20)14-9-5-2-6-10-14/h1-12H,(H3,21,22,23,24,25). The summed E-state index contributed by atoms with van der Waals surface area (Å²) in [7, 11) is 0. The molecule has 0 saturated heterocycles. The van der Waals surface area contributed by atoms with Gasteiger partial charge < -0.3 is 5.73 Å². The molecule has 1 spiro atoms. The summed E-state index contributed by atoms with van der Waals surface area (Å²) in [6.45, 7) is 0. The van der Waals surface area contributed by atoms with Gasteiger partial charge in [-0.2, -0.15) is 4.99 Å². The number of urea groups is 1. The van der Waals surface area contributed by atoms with Crippen LogP contribution in [0.5, 0.6) is 0 Å². The van der Waals surface area contributed by atoms with Crippen LogP contribution in [0.15, 0.2) is 77.8 Å². The molecule has 2 aromatic rings. The van der Waals surface area contributed by atoms with Gasteiger partial charge in [0, 0.05) is 9.81 Å². The van der Waals surface area contributed by atoms with Gasteiger partial charge in [-0.3, -0.25) is 10.1 Å². The van der Waals surface area contributed by atoms with Gasteiger partial charge in [0.2, 0.25) is 5.91 Å². The van der Waals surface area contributed by atoms with Crippen LogP contribution in [0.1, 0.15) is 11.1 Å². The zero-order valence-corrected chi connectivity index (χ0v) is 14.5. The van der Waals surface area contributed by atoms with Crippen molar-refractivity contribution in [3.8, 4) is 0 Å². The molecular formula is C20H15N3O2S. The average molecular weight is 361 g/mol. The first-order valence-corrected chi connectivity index (χ1v) is 8.84. The van der Waals surface area contributed by atoms with Crippen LogP contribution < -0.4 is 11.1 Å². The minimum Gasteiger partial charge on any atom is -0.386 e. The highest BCUT2D eigenvalue weighted by molar-refractivity contribution is 8.16. The minimum atomic E-state index is -1.28. The zero-order valence-electron chi connectivity index (χ0n) is 13.7. The lowest BCUT2D eigenvalue weighted by atomic mass is 9.82. The third-order valence-electron chi connectivity index (χ3n) is 4.30. The predicted octanol–water partition coefficient (Wildman–Crippen LogP) is 3.41. The molecule has 0 bridgehead atoms. The number of nitrogens with one attached hydrogen (secondary N) is 1. The Hall–Kier alpha value is -3.12. The summed E-state index contributed by atoms with van der Waals surface area (Å²) in [6.07, 6.45) is 3.56. The van der Waals surface area contributed by atoms with Gasteiger partial charge in [-0.15, -0.1) is 0 Å². The molecule has 2 heterocycles. The number of nitrogens with two attached hydrogens (primary N) is 1. The largest absolute Gasteiger partial charge is 0.386 e. The van der Waals surface area contributed by atoms with Crippen molar-refractivity contribution in [2.24, 2.45) is 16.1 Å². The summed E-state index contributed by atoms with van der Waals surface area (Å²) in [5.41, 5.74) is 6.73. The monoisotopic (exact) mass is 361 g/mol. The van der Waals surface area contributed by atoms with Crippen molar-refractivity contribution in [3.05, 3.63) is 83.9 Å². The molecule has 3 amide bonds. The molecule has 0 fully saturated rings. The van der Waals surface area contributed by atoms with Crippen LogP contribution in [-0.2, 0) is 4.79 Å². The van der Waals surface area contributed by atoms with E-state index in [0.717, 1.165) is 20.9 Å². The van der Waals surface area contributed by atoms with Gasteiger partial charge in [0.15, 0.2) is 0 Å². The Balaban J connectivity index is 1.92. The molecule has 6 heteroatoms. The first kappa shape index (κ1) is 16.4. The van der Waals surface area contributed by atoms with Gasteiger partial charge in [0.25, 0.3) is 0 Å². The Morgan fingerprint density at radius 2 is 1.35 bits per heavy atom. The van der Waals surface area contributed by atoms with E-state index in [9.17, 15) is 9.59 Å². The zero-order chi connectivity index (χ0) is 18.1. The number of carbonyl (C=O) groups excluding carboxylic acids is 2. The fraction of sp³-hybridized carbons (Fsp3) is 0.0500. The number of carbonyl (C=O) groups is 2. The van der Waals surface area contributed by atoms with E-state index in [2.05, 4.69) is 10.3 Å². The number of hydrogen-bond acceptors (Lipinski definition) is 4. The number of hydrogen-bond donors (Lipinski definition) is 2. The fourth-order valence-corrected chi connectivity index (χ4v) is 4.18. The molecule has 26 heavy (non-hydrogen) atoms. The molecule has 0 radical (unpaired) electrons. The van der Waals surface area contributed by atoms with E-state index in [0.29, 0.717) is 0 Å². The van der Waals surface area contributed by atoms with Crippen LogP contribution in [0.4, 0.5) is 4.79 Å². The quantitative estimate of drug-likeness (QED) is 0.858. The van der Waals surface area contributed by atoms with Gasteiger partial charge in [-0.1, -0.05) is 72.4 Å². The summed E-state index contributed by atoms with van der Waals surface area (Å²) in [5.74, 6) is -0.509. The van der Waals surface area contributed by atoms with Crippen LogP contribution in [0, 0.1) is 5.41 Å². The molecule has 3 N–H and O–H groups in total. The summed E-state index contributed by atoms with van der Waals surface area (Å²) < 4.78 is 0. The summed E-state index contributed by atoms with van der Waals surface area (Å²) in [5, 5.41) is 2.27. The summed E-state index contributed by atoms with van der Waals surface area (Å²) >= 11 is 1.56. The van der Waals surface area contributed by atoms with Crippen molar-refractivity contribution < 1.29 is 9.59 Å². The average Bonchev–Trinajstić information content (AvgIpc) is 2.67. The number of rotatable bonds is 2. The minimum absolute atomic E-state index is 0.0200. The maximum Gasteiger partial charge on any atom is 0.349 e. The SMILES string of the molecule is NC1=NC(=O)NC(=O)C12C=C(c1ccccc1)SC(c1ccccc1)=C2. The van der Waals surface area contributed by atoms with Gasteiger partial charge in [-0.05, 0) is 23.3 Å². The van der Waals surface area contributed by atoms with E-state index in [1.54, 1.807) is 23.9 Å². The van der Waals surface area contributed by atoms with Crippen molar-refractivity contribution >= 4 is 39.3 Å². The molecule has 2 aliphatic rings. The third-order valence-corrected chi connectivity index (χ3v) is 5.44. The van der Waals surface area contributed by atoms with Crippen LogP contribution in [-0.4, -0.2) is 17.8 Å². The maximum absolute atomic E-state index is 12.8. The van der Waals surface area contributed by atoms with Crippen molar-refractivity contribution in [3.63, 3.8) is 0 Å². The normalized spacial score (nSPS) is 18.7. The summed E-state index contributed by atoms with van der Waals surface area (Å²) in [4.78, 5) is 29.9. The second kappa shape index (κ2) is 6.31. The highest BCUT2D eigenvalue weighted by Gasteiger charge is 2.45. The molecule has 2 aliphatic heterocycles. The first-order chi connectivity index (χ1) is 12.6. The molecule has 128 valence electrons. The molecule has 0 atom stereocenters. The van der Waals surface area contributed by atoms with Crippen LogP contribution >= 0.6 is 11.8 Å². The lowest BCUT2D eigenvalue weighted by Gasteiger charge is -2.33. The van der Waals surface area contributed by atoms with Crippen molar-refractivity contribution in [2.45, 2.75) is 0 Å². The fourth-order valence-electron chi connectivity index (χ4n) is 2.95.